The third kappa shape index (κ3) is 5.94. The summed E-state index contributed by atoms with van der Waals surface area (Å²) in [6.45, 7) is 11.1. The number of rotatable bonds is 8. The number of carbonyl (C=O) groups is 1. The molecule has 4 rings (SSSR count). The topological polar surface area (TPSA) is 70.6 Å². The Morgan fingerprint density at radius 3 is 2.50 bits per heavy atom. The highest BCUT2D eigenvalue weighted by molar-refractivity contribution is 6.30. The van der Waals surface area contributed by atoms with Crippen LogP contribution in [0.4, 0.5) is 15.9 Å². The van der Waals surface area contributed by atoms with E-state index < -0.39 is 17.8 Å². The minimum Gasteiger partial charge on any atom is -0.462 e. The molecule has 1 aromatic heterocycles. The summed E-state index contributed by atoms with van der Waals surface area (Å²) in [5.41, 5.74) is 2.56. The van der Waals surface area contributed by atoms with Crippen LogP contribution in [0, 0.1) is 5.82 Å². The van der Waals surface area contributed by atoms with E-state index in [0.717, 1.165) is 44.0 Å². The minimum atomic E-state index is -0.545. The second-order valence-corrected chi connectivity index (χ2v) is 9.11. The number of esters is 1. The molecular formula is C27H31ClFN5O2. The molecular weight excluding hydrogens is 481 g/mol. The number of ether oxygens (including phenoxy) is 1. The normalized spacial score (nSPS) is 15.0. The number of benzene rings is 2. The number of halogens is 2. The summed E-state index contributed by atoms with van der Waals surface area (Å²) in [5.74, 6) is -0.251. The van der Waals surface area contributed by atoms with Gasteiger partial charge in [-0.2, -0.15) is 0 Å². The van der Waals surface area contributed by atoms with Crippen LogP contribution in [0.5, 0.6) is 0 Å². The molecule has 1 aliphatic heterocycles. The van der Waals surface area contributed by atoms with E-state index in [1.807, 2.05) is 12.1 Å². The predicted molar refractivity (Wildman–Crippen MR) is 141 cm³/mol. The van der Waals surface area contributed by atoms with Crippen LogP contribution in [0.25, 0.3) is 11.4 Å². The first-order valence-corrected chi connectivity index (χ1v) is 12.6. The minimum absolute atomic E-state index is 0.187. The fourth-order valence-corrected chi connectivity index (χ4v) is 4.43. The summed E-state index contributed by atoms with van der Waals surface area (Å²) in [6.07, 6.45) is 1.45. The van der Waals surface area contributed by atoms with Gasteiger partial charge in [-0.15, -0.1) is 0 Å². The Balaban J connectivity index is 1.59. The van der Waals surface area contributed by atoms with Crippen LogP contribution >= 0.6 is 11.6 Å². The van der Waals surface area contributed by atoms with E-state index in [1.165, 1.54) is 12.3 Å². The molecule has 1 saturated heterocycles. The molecule has 0 radical (unpaired) electrons. The zero-order chi connectivity index (χ0) is 25.7. The summed E-state index contributed by atoms with van der Waals surface area (Å²) in [4.78, 5) is 26.4. The van der Waals surface area contributed by atoms with Gasteiger partial charge in [-0.25, -0.2) is 19.2 Å². The van der Waals surface area contributed by atoms with Gasteiger partial charge in [0.05, 0.1) is 12.6 Å². The van der Waals surface area contributed by atoms with Crippen molar-refractivity contribution in [1.82, 2.24) is 14.9 Å². The van der Waals surface area contributed by atoms with Gasteiger partial charge in [0.2, 0.25) is 0 Å². The van der Waals surface area contributed by atoms with Crippen LogP contribution in [0.3, 0.4) is 0 Å². The van der Waals surface area contributed by atoms with Crippen molar-refractivity contribution in [3.8, 4) is 11.4 Å². The fraction of sp³-hybridized carbons (Fsp3) is 0.370. The molecule has 1 fully saturated rings. The Hall–Kier alpha value is -3.23. The van der Waals surface area contributed by atoms with Crippen molar-refractivity contribution >= 4 is 29.1 Å². The first-order chi connectivity index (χ1) is 17.4. The Bertz CT molecular complexity index is 1200. The highest BCUT2D eigenvalue weighted by atomic mass is 35.5. The van der Waals surface area contributed by atoms with Gasteiger partial charge in [0.1, 0.15) is 17.2 Å². The lowest BCUT2D eigenvalue weighted by molar-refractivity contribution is 0.0526. The van der Waals surface area contributed by atoms with Crippen LogP contribution in [0.1, 0.15) is 42.7 Å². The van der Waals surface area contributed by atoms with Gasteiger partial charge in [-0.3, -0.25) is 0 Å². The molecule has 190 valence electrons. The first-order valence-electron chi connectivity index (χ1n) is 12.2. The largest absolute Gasteiger partial charge is 0.462 e. The maximum atomic E-state index is 14.5. The summed E-state index contributed by atoms with van der Waals surface area (Å²) < 4.78 is 19.7. The predicted octanol–water partition coefficient (Wildman–Crippen LogP) is 5.43. The summed E-state index contributed by atoms with van der Waals surface area (Å²) in [5, 5.41) is 3.48. The van der Waals surface area contributed by atoms with Crippen LogP contribution in [-0.2, 0) is 4.74 Å². The lowest BCUT2D eigenvalue weighted by Crippen LogP contribution is -2.46. The van der Waals surface area contributed by atoms with Crippen LogP contribution < -0.4 is 10.2 Å². The number of carbonyl (C=O) groups excluding carboxylic acids is 1. The highest BCUT2D eigenvalue weighted by Gasteiger charge is 2.21. The molecule has 2 aromatic carbocycles. The van der Waals surface area contributed by atoms with E-state index in [2.05, 4.69) is 44.1 Å². The van der Waals surface area contributed by atoms with Gasteiger partial charge in [0.25, 0.3) is 0 Å². The molecule has 0 aliphatic carbocycles. The third-order valence-corrected chi connectivity index (χ3v) is 6.61. The average Bonchev–Trinajstić information content (AvgIpc) is 2.89. The highest BCUT2D eigenvalue weighted by Crippen LogP contribution is 2.28. The van der Waals surface area contributed by atoms with Gasteiger partial charge in [0.15, 0.2) is 5.82 Å². The molecule has 1 N–H and O–H groups in total. The van der Waals surface area contributed by atoms with Gasteiger partial charge in [-0.1, -0.05) is 24.6 Å². The molecule has 1 atom stereocenters. The molecule has 0 amide bonds. The van der Waals surface area contributed by atoms with E-state index in [4.69, 9.17) is 16.3 Å². The summed E-state index contributed by atoms with van der Waals surface area (Å²) in [7, 11) is 0. The molecule has 7 nitrogen and oxygen atoms in total. The van der Waals surface area contributed by atoms with E-state index in [-0.39, 0.29) is 18.0 Å². The van der Waals surface area contributed by atoms with Gasteiger partial charge in [-0.05, 0) is 56.8 Å². The second-order valence-electron chi connectivity index (χ2n) is 8.68. The molecule has 9 heteroatoms. The Morgan fingerprint density at radius 1 is 1.14 bits per heavy atom. The standard InChI is InChI=1S/C27H31ClFN5O2/c1-4-33-12-14-34(15-13-33)21-9-6-19(7-10-21)25-30-17-23(27(35)36-5-2)26(32-25)31-18(3)22-11-8-20(28)16-24(22)29/h6-11,16-18H,4-5,12-15H2,1-3H3,(H,30,31,32)/t18-/m1/s1. The second kappa shape index (κ2) is 11.7. The number of hydrogen-bond acceptors (Lipinski definition) is 7. The van der Waals surface area contributed by atoms with Gasteiger partial charge in [0, 0.05) is 54.2 Å². The van der Waals surface area contributed by atoms with Crippen LogP contribution in [0.2, 0.25) is 5.02 Å². The average molecular weight is 512 g/mol. The smallest absolute Gasteiger partial charge is 0.343 e. The number of hydrogen-bond donors (Lipinski definition) is 1. The van der Waals surface area contributed by atoms with Crippen molar-refractivity contribution in [2.75, 3.05) is 49.5 Å². The number of piperazine rings is 1. The zero-order valence-corrected chi connectivity index (χ0v) is 21.6. The molecule has 1 aliphatic rings. The molecule has 0 spiro atoms. The van der Waals surface area contributed by atoms with Crippen molar-refractivity contribution in [1.29, 1.82) is 0 Å². The summed E-state index contributed by atoms with van der Waals surface area (Å²) >= 11 is 5.90. The number of nitrogens with zero attached hydrogens (tertiary/aromatic N) is 4. The molecule has 0 saturated carbocycles. The van der Waals surface area contributed by atoms with E-state index in [9.17, 15) is 9.18 Å². The maximum absolute atomic E-state index is 14.5. The van der Waals surface area contributed by atoms with Crippen LogP contribution in [-0.4, -0.2) is 60.2 Å². The van der Waals surface area contributed by atoms with Crippen molar-refractivity contribution < 1.29 is 13.9 Å². The van der Waals surface area contributed by atoms with Gasteiger partial charge < -0.3 is 19.9 Å². The Labute approximate surface area is 216 Å². The summed E-state index contributed by atoms with van der Waals surface area (Å²) in [6, 6.07) is 12.1. The van der Waals surface area contributed by atoms with Crippen molar-refractivity contribution in [2.24, 2.45) is 0 Å². The van der Waals surface area contributed by atoms with Crippen molar-refractivity contribution in [2.45, 2.75) is 26.8 Å². The number of aromatic nitrogens is 2. The monoisotopic (exact) mass is 511 g/mol. The first kappa shape index (κ1) is 25.9. The van der Waals surface area contributed by atoms with E-state index >= 15 is 0 Å². The van der Waals surface area contributed by atoms with E-state index in [0.29, 0.717) is 16.4 Å². The molecule has 3 aromatic rings. The number of anilines is 2. The lowest BCUT2D eigenvalue weighted by Gasteiger charge is -2.35. The molecule has 2 heterocycles. The molecule has 0 unspecified atom stereocenters. The third-order valence-electron chi connectivity index (χ3n) is 6.38. The van der Waals surface area contributed by atoms with E-state index in [1.54, 1.807) is 26.0 Å². The Kier molecular flexibility index (Phi) is 8.38. The van der Waals surface area contributed by atoms with Crippen LogP contribution in [0.15, 0.2) is 48.7 Å². The number of likely N-dealkylation sites (N-methyl/N-ethyl adjacent to an activating group) is 1. The van der Waals surface area contributed by atoms with Crippen molar-refractivity contribution in [3.05, 3.63) is 70.6 Å². The molecule has 36 heavy (non-hydrogen) atoms. The maximum Gasteiger partial charge on any atom is 0.343 e. The molecule has 0 bridgehead atoms. The van der Waals surface area contributed by atoms with Crippen molar-refractivity contribution in [3.63, 3.8) is 0 Å². The zero-order valence-electron chi connectivity index (χ0n) is 20.8. The van der Waals surface area contributed by atoms with Gasteiger partial charge >= 0.3 is 5.97 Å². The SMILES string of the molecule is CCOC(=O)c1cnc(-c2ccc(N3CCN(CC)CC3)cc2)nc1N[C@H](C)c1ccc(Cl)cc1F. The fourth-order valence-electron chi connectivity index (χ4n) is 4.27. The quantitative estimate of drug-likeness (QED) is 0.404. The Morgan fingerprint density at radius 2 is 1.86 bits per heavy atom. The lowest BCUT2D eigenvalue weighted by atomic mass is 10.1. The number of nitrogens with one attached hydrogen (secondary N) is 1.